The van der Waals surface area contributed by atoms with Gasteiger partial charge in [-0.25, -0.2) is 9.59 Å². The lowest BCUT2D eigenvalue weighted by Gasteiger charge is -2.09. The van der Waals surface area contributed by atoms with Gasteiger partial charge < -0.3 is 19.3 Å². The van der Waals surface area contributed by atoms with E-state index in [0.29, 0.717) is 24.2 Å². The monoisotopic (exact) mass is 526 g/mol. The fourth-order valence-electron chi connectivity index (χ4n) is 4.78. The number of carbonyl (C=O) groups is 2. The molecular formula is C32H22N4O4. The number of benzene rings is 3. The minimum Gasteiger partial charge on any atom is -0.477 e. The highest BCUT2D eigenvalue weighted by atomic mass is 16.4. The Bertz CT molecular complexity index is 1780. The Morgan fingerprint density at radius 2 is 1.02 bits per heavy atom. The number of hydrogen-bond acceptors (Lipinski definition) is 4. The molecule has 0 amide bonds. The smallest absolute Gasteiger partial charge is 0.346 e. The first-order valence-corrected chi connectivity index (χ1v) is 12.3. The zero-order valence-electron chi connectivity index (χ0n) is 21.2. The quantitative estimate of drug-likeness (QED) is 0.198. The van der Waals surface area contributed by atoms with Crippen LogP contribution in [0.4, 0.5) is 0 Å². The van der Waals surface area contributed by atoms with Gasteiger partial charge in [-0.3, -0.25) is 0 Å². The Morgan fingerprint density at radius 3 is 1.38 bits per heavy atom. The Kier molecular flexibility index (Phi) is 7.00. The van der Waals surface area contributed by atoms with E-state index in [9.17, 15) is 30.3 Å². The number of aliphatic carboxylic acids is 2. The summed E-state index contributed by atoms with van der Waals surface area (Å²) in [5.41, 5.74) is 4.62. The number of aromatic nitrogens is 2. The SMILES string of the molecule is N#C/C(=C\c1cn(Cc2ccc(Cn3cc(/C=C(\C#N)C(=O)O)c4ccccc43)cc2)c2ccccc12)C(=O)O. The Morgan fingerprint density at radius 1 is 0.650 bits per heavy atom. The highest BCUT2D eigenvalue weighted by molar-refractivity contribution is 6.01. The van der Waals surface area contributed by atoms with Gasteiger partial charge in [0.05, 0.1) is 0 Å². The maximum atomic E-state index is 11.4. The third-order valence-corrected chi connectivity index (χ3v) is 6.67. The summed E-state index contributed by atoms with van der Waals surface area (Å²) in [6.07, 6.45) is 6.50. The second-order valence-electron chi connectivity index (χ2n) is 9.23. The molecule has 3 aromatic carbocycles. The molecule has 0 aliphatic rings. The largest absolute Gasteiger partial charge is 0.477 e. The molecule has 0 radical (unpaired) electrons. The summed E-state index contributed by atoms with van der Waals surface area (Å²) in [4.78, 5) is 22.7. The molecule has 0 saturated heterocycles. The average molecular weight is 527 g/mol. The van der Waals surface area contributed by atoms with Gasteiger partial charge in [-0.15, -0.1) is 0 Å². The molecule has 2 aromatic heterocycles. The minimum absolute atomic E-state index is 0.324. The fourth-order valence-corrected chi connectivity index (χ4v) is 4.78. The molecular weight excluding hydrogens is 504 g/mol. The zero-order valence-corrected chi connectivity index (χ0v) is 21.2. The normalized spacial score (nSPS) is 11.8. The minimum atomic E-state index is -1.26. The van der Waals surface area contributed by atoms with Crippen LogP contribution in [0, 0.1) is 22.7 Å². The number of nitrogens with zero attached hydrogens (tertiary/aromatic N) is 4. The van der Waals surface area contributed by atoms with E-state index in [4.69, 9.17) is 0 Å². The van der Waals surface area contributed by atoms with Crippen LogP contribution < -0.4 is 0 Å². The van der Waals surface area contributed by atoms with Crippen LogP contribution in [0.2, 0.25) is 0 Å². The summed E-state index contributed by atoms with van der Waals surface area (Å²) in [5.74, 6) is -2.53. The number of carboxylic acid groups (broad SMARTS) is 2. The van der Waals surface area contributed by atoms with Gasteiger partial charge in [-0.1, -0.05) is 60.7 Å². The maximum Gasteiger partial charge on any atom is 0.346 e. The Balaban J connectivity index is 1.42. The van der Waals surface area contributed by atoms with Gasteiger partial charge >= 0.3 is 11.9 Å². The third-order valence-electron chi connectivity index (χ3n) is 6.67. The Hall–Kier alpha value is -5.86. The topological polar surface area (TPSA) is 132 Å². The number of para-hydroxylation sites is 2. The molecule has 8 nitrogen and oxygen atoms in total. The molecule has 40 heavy (non-hydrogen) atoms. The number of nitriles is 2. The van der Waals surface area contributed by atoms with Crippen LogP contribution in [0.5, 0.6) is 0 Å². The van der Waals surface area contributed by atoms with Crippen LogP contribution in [0.25, 0.3) is 34.0 Å². The van der Waals surface area contributed by atoms with Gasteiger partial charge in [0.2, 0.25) is 0 Å². The van der Waals surface area contributed by atoms with Crippen molar-refractivity contribution >= 4 is 45.9 Å². The lowest BCUT2D eigenvalue weighted by atomic mass is 10.1. The Labute approximate surface area is 229 Å². The summed E-state index contributed by atoms with van der Waals surface area (Å²) in [6, 6.07) is 26.9. The number of carboxylic acids is 2. The van der Waals surface area contributed by atoms with E-state index in [2.05, 4.69) is 0 Å². The summed E-state index contributed by atoms with van der Waals surface area (Å²) < 4.78 is 4.06. The lowest BCUT2D eigenvalue weighted by Crippen LogP contribution is -2.00. The van der Waals surface area contributed by atoms with E-state index in [1.165, 1.54) is 12.2 Å². The van der Waals surface area contributed by atoms with Crippen molar-refractivity contribution in [1.29, 1.82) is 10.5 Å². The maximum absolute atomic E-state index is 11.4. The van der Waals surface area contributed by atoms with Crippen molar-refractivity contribution in [2.45, 2.75) is 13.1 Å². The van der Waals surface area contributed by atoms with Gasteiger partial charge in [0.15, 0.2) is 0 Å². The molecule has 0 aliphatic heterocycles. The second kappa shape index (κ2) is 10.9. The molecule has 194 valence electrons. The van der Waals surface area contributed by atoms with E-state index >= 15 is 0 Å². The molecule has 0 bridgehead atoms. The molecule has 0 unspecified atom stereocenters. The van der Waals surface area contributed by atoms with E-state index in [1.807, 2.05) is 94.3 Å². The summed E-state index contributed by atoms with van der Waals surface area (Å²) in [7, 11) is 0. The van der Waals surface area contributed by atoms with E-state index in [-0.39, 0.29) is 11.1 Å². The van der Waals surface area contributed by atoms with Gasteiger partial charge in [0.25, 0.3) is 0 Å². The molecule has 8 heteroatoms. The third kappa shape index (κ3) is 5.10. The first-order valence-electron chi connectivity index (χ1n) is 12.3. The number of hydrogen-bond donors (Lipinski definition) is 2. The first-order chi connectivity index (χ1) is 19.4. The van der Waals surface area contributed by atoms with Crippen molar-refractivity contribution in [2.24, 2.45) is 0 Å². The van der Waals surface area contributed by atoms with Crippen molar-refractivity contribution in [3.05, 3.63) is 119 Å². The van der Waals surface area contributed by atoms with Crippen LogP contribution in [-0.4, -0.2) is 31.3 Å². The van der Waals surface area contributed by atoms with Crippen LogP contribution in [0.1, 0.15) is 22.3 Å². The molecule has 0 atom stereocenters. The molecule has 2 N–H and O–H groups in total. The summed E-state index contributed by atoms with van der Waals surface area (Å²) in [6.45, 7) is 1.11. The van der Waals surface area contributed by atoms with Crippen molar-refractivity contribution in [3.8, 4) is 12.1 Å². The highest BCUT2D eigenvalue weighted by Gasteiger charge is 2.13. The standard InChI is InChI=1S/C32H22N4O4/c33-15-23(31(37)38)13-25-19-35(29-7-3-1-5-27(25)29)17-21-9-11-22(12-10-21)18-36-20-26(14-24(16-34)32(39)40)28-6-2-4-8-30(28)36/h1-14,19-20H,17-18H2,(H,37,38)(H,39,40)/b23-13+,24-14+. The van der Waals surface area contributed by atoms with Crippen molar-refractivity contribution < 1.29 is 19.8 Å². The molecule has 0 saturated carbocycles. The number of rotatable bonds is 8. The molecule has 0 fully saturated rings. The molecule has 5 aromatic rings. The van der Waals surface area contributed by atoms with Crippen LogP contribution in [-0.2, 0) is 22.7 Å². The van der Waals surface area contributed by atoms with E-state index < -0.39 is 11.9 Å². The first kappa shape index (κ1) is 25.8. The van der Waals surface area contributed by atoms with E-state index in [0.717, 1.165) is 32.9 Å². The molecule has 0 aliphatic carbocycles. The van der Waals surface area contributed by atoms with Gasteiger partial charge in [0, 0.05) is 58.4 Å². The van der Waals surface area contributed by atoms with Gasteiger partial charge in [0.1, 0.15) is 23.3 Å². The van der Waals surface area contributed by atoms with E-state index in [1.54, 1.807) is 12.1 Å². The highest BCUT2D eigenvalue weighted by Crippen LogP contribution is 2.26. The van der Waals surface area contributed by atoms with Crippen molar-refractivity contribution in [2.75, 3.05) is 0 Å². The predicted molar refractivity (Wildman–Crippen MR) is 151 cm³/mol. The second-order valence-corrected chi connectivity index (χ2v) is 9.23. The van der Waals surface area contributed by atoms with Crippen LogP contribution >= 0.6 is 0 Å². The van der Waals surface area contributed by atoms with Gasteiger partial charge in [-0.2, -0.15) is 10.5 Å². The number of fused-ring (bicyclic) bond motifs is 2. The lowest BCUT2D eigenvalue weighted by molar-refractivity contribution is -0.133. The van der Waals surface area contributed by atoms with Crippen molar-refractivity contribution in [3.63, 3.8) is 0 Å². The summed E-state index contributed by atoms with van der Waals surface area (Å²) >= 11 is 0. The molecule has 2 heterocycles. The van der Waals surface area contributed by atoms with Crippen LogP contribution in [0.15, 0.2) is 96.3 Å². The van der Waals surface area contributed by atoms with Gasteiger partial charge in [-0.05, 0) is 35.4 Å². The molecule has 5 rings (SSSR count). The molecule has 0 spiro atoms. The summed E-state index contributed by atoms with van der Waals surface area (Å²) in [5, 5.41) is 38.6. The zero-order chi connectivity index (χ0) is 28.2. The average Bonchev–Trinajstić information content (AvgIpc) is 3.48. The predicted octanol–water partition coefficient (Wildman–Crippen LogP) is 5.68. The van der Waals surface area contributed by atoms with Crippen LogP contribution in [0.3, 0.4) is 0 Å². The fraction of sp³-hybridized carbons (Fsp3) is 0.0625. The van der Waals surface area contributed by atoms with Crippen molar-refractivity contribution in [1.82, 2.24) is 9.13 Å².